The molecule has 1 atom stereocenters. The van der Waals surface area contributed by atoms with E-state index in [1.165, 1.54) is 0 Å². The van der Waals surface area contributed by atoms with Gasteiger partial charge in [0.2, 0.25) is 0 Å². The van der Waals surface area contributed by atoms with Crippen molar-refractivity contribution in [2.45, 2.75) is 52.3 Å². The monoisotopic (exact) mass is 284 g/mol. The summed E-state index contributed by atoms with van der Waals surface area (Å²) in [5, 5.41) is 0. The van der Waals surface area contributed by atoms with Crippen LogP contribution in [0.5, 0.6) is 0 Å². The Bertz CT molecular complexity index is 355. The van der Waals surface area contributed by atoms with Crippen molar-refractivity contribution in [3.05, 3.63) is 23.3 Å². The highest BCUT2D eigenvalue weighted by atomic mass is 79.9. The van der Waals surface area contributed by atoms with Crippen molar-refractivity contribution in [1.29, 1.82) is 0 Å². The van der Waals surface area contributed by atoms with Crippen LogP contribution in [0, 0.1) is 12.3 Å². The van der Waals surface area contributed by atoms with E-state index in [0.717, 1.165) is 30.1 Å². The molecular weight excluding hydrogens is 264 g/mol. The van der Waals surface area contributed by atoms with Crippen LogP contribution in [-0.2, 0) is 12.8 Å². The van der Waals surface area contributed by atoms with Crippen molar-refractivity contribution >= 4 is 15.9 Å². The molecule has 0 aliphatic carbocycles. The zero-order valence-corrected chi connectivity index (χ0v) is 12.4. The van der Waals surface area contributed by atoms with Crippen LogP contribution >= 0.6 is 15.9 Å². The third-order valence-electron chi connectivity index (χ3n) is 2.63. The maximum absolute atomic E-state index is 4.49. The Morgan fingerprint density at radius 3 is 2.31 bits per heavy atom. The van der Waals surface area contributed by atoms with E-state index < -0.39 is 0 Å². The van der Waals surface area contributed by atoms with E-state index in [1.54, 1.807) is 0 Å². The molecule has 0 aliphatic heterocycles. The summed E-state index contributed by atoms with van der Waals surface area (Å²) in [4.78, 5) is 9.33. The molecule has 0 N–H and O–H groups in total. The van der Waals surface area contributed by atoms with Gasteiger partial charge < -0.3 is 0 Å². The van der Waals surface area contributed by atoms with Gasteiger partial charge in [0.1, 0.15) is 5.82 Å². The highest BCUT2D eigenvalue weighted by Crippen LogP contribution is 2.28. The second-order valence-corrected chi connectivity index (χ2v) is 6.39. The SMILES string of the molecule is CCc1cc(CC(Br)C(C)(C)C)nc(C)n1. The van der Waals surface area contributed by atoms with Gasteiger partial charge in [0.25, 0.3) is 0 Å². The van der Waals surface area contributed by atoms with Gasteiger partial charge in [-0.15, -0.1) is 0 Å². The number of alkyl halides is 1. The molecule has 1 rings (SSSR count). The molecule has 3 heteroatoms. The number of aryl methyl sites for hydroxylation is 2. The minimum atomic E-state index is 0.255. The van der Waals surface area contributed by atoms with Gasteiger partial charge in [0.05, 0.1) is 0 Å². The van der Waals surface area contributed by atoms with Crippen LogP contribution in [0.4, 0.5) is 0 Å². The Morgan fingerprint density at radius 2 is 1.81 bits per heavy atom. The Morgan fingerprint density at radius 1 is 1.25 bits per heavy atom. The normalized spacial score (nSPS) is 13.9. The number of hydrogen-bond acceptors (Lipinski definition) is 2. The fraction of sp³-hybridized carbons (Fsp3) is 0.692. The van der Waals surface area contributed by atoms with Crippen LogP contribution in [0.15, 0.2) is 6.07 Å². The number of aromatic nitrogens is 2. The minimum Gasteiger partial charge on any atom is -0.238 e. The molecule has 1 heterocycles. The molecule has 1 aromatic rings. The van der Waals surface area contributed by atoms with E-state index in [9.17, 15) is 0 Å². The quantitative estimate of drug-likeness (QED) is 0.791. The molecule has 0 amide bonds. The first-order valence-electron chi connectivity index (χ1n) is 5.80. The molecule has 0 fully saturated rings. The van der Waals surface area contributed by atoms with Crippen molar-refractivity contribution in [2.75, 3.05) is 0 Å². The molecule has 0 saturated carbocycles. The Kier molecular flexibility index (Phi) is 4.48. The van der Waals surface area contributed by atoms with Gasteiger partial charge in [0.15, 0.2) is 0 Å². The summed E-state index contributed by atoms with van der Waals surface area (Å²) in [7, 11) is 0. The van der Waals surface area contributed by atoms with E-state index in [0.29, 0.717) is 4.83 Å². The van der Waals surface area contributed by atoms with Crippen LogP contribution in [0.2, 0.25) is 0 Å². The number of hydrogen-bond donors (Lipinski definition) is 0. The molecule has 0 radical (unpaired) electrons. The Labute approximate surface area is 107 Å². The summed E-state index contributed by atoms with van der Waals surface area (Å²) < 4.78 is 0. The van der Waals surface area contributed by atoms with Crippen molar-refractivity contribution in [3.63, 3.8) is 0 Å². The third kappa shape index (κ3) is 3.85. The summed E-state index contributed by atoms with van der Waals surface area (Å²) in [6, 6.07) is 2.12. The molecule has 1 aromatic heterocycles. The predicted octanol–water partition coefficient (Wildman–Crippen LogP) is 3.70. The maximum atomic E-state index is 4.49. The number of nitrogens with zero attached hydrogens (tertiary/aromatic N) is 2. The van der Waals surface area contributed by atoms with Crippen molar-refractivity contribution < 1.29 is 0 Å². The van der Waals surface area contributed by atoms with Crippen molar-refractivity contribution in [2.24, 2.45) is 5.41 Å². The molecule has 0 saturated heterocycles. The first kappa shape index (κ1) is 13.6. The van der Waals surface area contributed by atoms with Gasteiger partial charge in [-0.2, -0.15) is 0 Å². The van der Waals surface area contributed by atoms with E-state index in [4.69, 9.17) is 0 Å². The summed E-state index contributed by atoms with van der Waals surface area (Å²) >= 11 is 3.75. The summed E-state index contributed by atoms with van der Waals surface area (Å²) in [5.74, 6) is 0.878. The molecule has 16 heavy (non-hydrogen) atoms. The standard InChI is InChI=1S/C13H21BrN2/c1-6-10-7-11(16-9(2)15-10)8-12(14)13(3,4)5/h7,12H,6,8H2,1-5H3. The van der Waals surface area contributed by atoms with Crippen molar-refractivity contribution in [1.82, 2.24) is 9.97 Å². The first-order chi connectivity index (χ1) is 7.32. The van der Waals surface area contributed by atoms with Gasteiger partial charge in [-0.3, -0.25) is 0 Å². The van der Waals surface area contributed by atoms with E-state index >= 15 is 0 Å². The fourth-order valence-corrected chi connectivity index (χ4v) is 1.80. The van der Waals surface area contributed by atoms with Crippen LogP contribution in [0.3, 0.4) is 0 Å². The molecule has 90 valence electrons. The highest BCUT2D eigenvalue weighted by molar-refractivity contribution is 9.09. The summed E-state index contributed by atoms with van der Waals surface area (Å²) in [5.41, 5.74) is 2.53. The largest absolute Gasteiger partial charge is 0.238 e. The zero-order chi connectivity index (χ0) is 12.3. The molecule has 1 unspecified atom stereocenters. The van der Waals surface area contributed by atoms with Gasteiger partial charge in [-0.05, 0) is 24.8 Å². The number of rotatable bonds is 3. The lowest BCUT2D eigenvalue weighted by Crippen LogP contribution is -2.23. The molecule has 0 aromatic carbocycles. The molecule has 0 aliphatic rings. The van der Waals surface area contributed by atoms with Gasteiger partial charge in [0, 0.05) is 22.6 Å². The van der Waals surface area contributed by atoms with E-state index in [2.05, 4.69) is 59.7 Å². The second-order valence-electron chi connectivity index (χ2n) is 5.29. The van der Waals surface area contributed by atoms with Crippen LogP contribution < -0.4 is 0 Å². The highest BCUT2D eigenvalue weighted by Gasteiger charge is 2.22. The number of halogens is 1. The summed E-state index contributed by atoms with van der Waals surface area (Å²) in [6.07, 6.45) is 1.93. The topological polar surface area (TPSA) is 25.8 Å². The van der Waals surface area contributed by atoms with Crippen LogP contribution in [0.1, 0.15) is 44.9 Å². The Balaban J connectivity index is 2.85. The maximum Gasteiger partial charge on any atom is 0.125 e. The minimum absolute atomic E-state index is 0.255. The third-order valence-corrected chi connectivity index (χ3v) is 4.33. The Hall–Kier alpha value is -0.440. The molecule has 0 bridgehead atoms. The van der Waals surface area contributed by atoms with Crippen molar-refractivity contribution in [3.8, 4) is 0 Å². The average Bonchev–Trinajstić information content (AvgIpc) is 2.15. The van der Waals surface area contributed by atoms with Gasteiger partial charge in [-0.25, -0.2) is 9.97 Å². The zero-order valence-electron chi connectivity index (χ0n) is 10.8. The smallest absolute Gasteiger partial charge is 0.125 e. The first-order valence-corrected chi connectivity index (χ1v) is 6.72. The molecule has 2 nitrogen and oxygen atoms in total. The second kappa shape index (κ2) is 5.26. The predicted molar refractivity (Wildman–Crippen MR) is 72.0 cm³/mol. The molecule has 0 spiro atoms. The lowest BCUT2D eigenvalue weighted by molar-refractivity contribution is 0.396. The lowest BCUT2D eigenvalue weighted by atomic mass is 9.89. The lowest BCUT2D eigenvalue weighted by Gasteiger charge is -2.25. The van der Waals surface area contributed by atoms with E-state index in [-0.39, 0.29) is 5.41 Å². The van der Waals surface area contributed by atoms with Gasteiger partial charge in [-0.1, -0.05) is 43.6 Å². The van der Waals surface area contributed by atoms with E-state index in [1.807, 2.05) is 6.92 Å². The molecular formula is C13H21BrN2. The fourth-order valence-electron chi connectivity index (χ4n) is 1.47. The van der Waals surface area contributed by atoms with Crippen LogP contribution in [-0.4, -0.2) is 14.8 Å². The van der Waals surface area contributed by atoms with Crippen LogP contribution in [0.25, 0.3) is 0 Å². The average molecular weight is 285 g/mol. The summed E-state index contributed by atoms with van der Waals surface area (Å²) in [6.45, 7) is 10.8. The van der Waals surface area contributed by atoms with Gasteiger partial charge >= 0.3 is 0 Å².